The average molecular weight is 670 g/mol. The third-order valence-corrected chi connectivity index (χ3v) is 12.0. The van der Waals surface area contributed by atoms with Crippen LogP contribution in [0.4, 0.5) is 17.1 Å². The summed E-state index contributed by atoms with van der Waals surface area (Å²) in [5.74, 6) is 0. The molecule has 0 spiro atoms. The monoisotopic (exact) mass is 669 g/mol. The molecule has 10 rings (SSSR count). The number of rotatable bonds is 5. The van der Waals surface area contributed by atoms with E-state index in [9.17, 15) is 0 Å². The number of para-hydroxylation sites is 1. The topological polar surface area (TPSA) is 3.24 Å². The van der Waals surface area contributed by atoms with Crippen molar-refractivity contribution in [2.24, 2.45) is 0 Å². The Morgan fingerprint density at radius 3 is 1.92 bits per heavy atom. The van der Waals surface area contributed by atoms with E-state index in [1.54, 1.807) is 0 Å². The maximum absolute atomic E-state index is 2.47. The second-order valence-electron chi connectivity index (χ2n) is 14.1. The van der Waals surface area contributed by atoms with Crippen LogP contribution in [0.15, 0.2) is 176 Å². The summed E-state index contributed by atoms with van der Waals surface area (Å²) in [6.45, 7) is 4.72. The van der Waals surface area contributed by atoms with Crippen LogP contribution < -0.4 is 4.90 Å². The Morgan fingerprint density at radius 2 is 1.04 bits per heavy atom. The van der Waals surface area contributed by atoms with Gasteiger partial charge in [-0.05, 0) is 92.2 Å². The van der Waals surface area contributed by atoms with Crippen LogP contribution in [-0.2, 0) is 5.41 Å². The third kappa shape index (κ3) is 4.67. The van der Waals surface area contributed by atoms with Crippen LogP contribution >= 0.6 is 11.3 Å². The Bertz CT molecular complexity index is 2780. The summed E-state index contributed by atoms with van der Waals surface area (Å²) in [6.07, 6.45) is 0. The average Bonchev–Trinajstić information content (AvgIpc) is 3.67. The molecule has 1 aromatic heterocycles. The van der Waals surface area contributed by atoms with E-state index < -0.39 is 0 Å². The molecule has 1 aliphatic carbocycles. The number of hydrogen-bond acceptors (Lipinski definition) is 2. The van der Waals surface area contributed by atoms with Gasteiger partial charge in [-0.1, -0.05) is 147 Å². The number of hydrogen-bond donors (Lipinski definition) is 0. The molecule has 0 fully saturated rings. The zero-order chi connectivity index (χ0) is 34.1. The number of benzene rings is 8. The van der Waals surface area contributed by atoms with Crippen molar-refractivity contribution < 1.29 is 0 Å². The van der Waals surface area contributed by atoms with Gasteiger partial charge in [0.05, 0.1) is 5.69 Å². The molecule has 0 N–H and O–H groups in total. The summed E-state index contributed by atoms with van der Waals surface area (Å²) in [4.78, 5) is 2.47. The van der Waals surface area contributed by atoms with E-state index in [4.69, 9.17) is 0 Å². The molecular weight excluding hydrogens is 635 g/mol. The van der Waals surface area contributed by atoms with Gasteiger partial charge in [-0.3, -0.25) is 0 Å². The van der Waals surface area contributed by atoms with E-state index in [-0.39, 0.29) is 5.41 Å². The minimum Gasteiger partial charge on any atom is -0.310 e. The maximum Gasteiger partial charge on any atom is 0.0540 e. The van der Waals surface area contributed by atoms with E-state index >= 15 is 0 Å². The minimum atomic E-state index is -0.105. The van der Waals surface area contributed by atoms with Crippen LogP contribution in [0.1, 0.15) is 25.0 Å². The summed E-state index contributed by atoms with van der Waals surface area (Å²) in [5.41, 5.74) is 13.7. The second-order valence-corrected chi connectivity index (χ2v) is 15.2. The zero-order valence-electron chi connectivity index (χ0n) is 28.6. The minimum absolute atomic E-state index is 0.105. The largest absolute Gasteiger partial charge is 0.310 e. The van der Waals surface area contributed by atoms with E-state index in [2.05, 4.69) is 195 Å². The highest BCUT2D eigenvalue weighted by Crippen LogP contribution is 2.52. The summed E-state index contributed by atoms with van der Waals surface area (Å²) >= 11 is 1.87. The number of anilines is 3. The van der Waals surface area contributed by atoms with Crippen molar-refractivity contribution in [1.29, 1.82) is 0 Å². The van der Waals surface area contributed by atoms with Crippen molar-refractivity contribution in [3.8, 4) is 33.4 Å². The fraction of sp³-hybridized carbons (Fsp3) is 0.0612. The van der Waals surface area contributed by atoms with Crippen LogP contribution in [0.25, 0.3) is 64.3 Å². The molecule has 0 radical (unpaired) electrons. The fourth-order valence-electron chi connectivity index (χ4n) is 8.42. The van der Waals surface area contributed by atoms with Crippen LogP contribution in [0, 0.1) is 0 Å². The first kappa shape index (κ1) is 29.9. The van der Waals surface area contributed by atoms with E-state index in [1.165, 1.54) is 75.5 Å². The van der Waals surface area contributed by atoms with Gasteiger partial charge in [0.15, 0.2) is 0 Å². The Kier molecular flexibility index (Phi) is 6.78. The maximum atomic E-state index is 2.47. The first-order valence-electron chi connectivity index (χ1n) is 17.7. The normalized spacial score (nSPS) is 13.1. The number of thiophene rings is 1. The third-order valence-electron chi connectivity index (χ3n) is 10.9. The van der Waals surface area contributed by atoms with Crippen LogP contribution in [0.3, 0.4) is 0 Å². The molecule has 242 valence electrons. The van der Waals surface area contributed by atoms with Gasteiger partial charge in [0, 0.05) is 42.5 Å². The fourth-order valence-corrected chi connectivity index (χ4v) is 9.55. The van der Waals surface area contributed by atoms with Crippen LogP contribution in [0.2, 0.25) is 0 Å². The van der Waals surface area contributed by atoms with Crippen LogP contribution in [-0.4, -0.2) is 0 Å². The Labute approximate surface area is 302 Å². The van der Waals surface area contributed by atoms with Crippen molar-refractivity contribution in [2.75, 3.05) is 4.90 Å². The first-order valence-corrected chi connectivity index (χ1v) is 18.5. The predicted molar refractivity (Wildman–Crippen MR) is 220 cm³/mol. The van der Waals surface area contributed by atoms with Gasteiger partial charge in [0.1, 0.15) is 0 Å². The molecule has 0 saturated heterocycles. The Balaban J connectivity index is 1.19. The van der Waals surface area contributed by atoms with E-state index in [0.717, 1.165) is 17.1 Å². The van der Waals surface area contributed by atoms with E-state index in [1.807, 2.05) is 11.3 Å². The molecule has 0 amide bonds. The highest BCUT2D eigenvalue weighted by Gasteiger charge is 2.36. The molecule has 0 saturated carbocycles. The van der Waals surface area contributed by atoms with Crippen LogP contribution in [0.5, 0.6) is 0 Å². The molecule has 9 aromatic rings. The lowest BCUT2D eigenvalue weighted by Gasteiger charge is -2.30. The van der Waals surface area contributed by atoms with Gasteiger partial charge in [-0.15, -0.1) is 11.3 Å². The van der Waals surface area contributed by atoms with Crippen molar-refractivity contribution >= 4 is 59.3 Å². The van der Waals surface area contributed by atoms with Crippen molar-refractivity contribution in [2.45, 2.75) is 19.3 Å². The summed E-state index contributed by atoms with van der Waals surface area (Å²) in [7, 11) is 0. The van der Waals surface area contributed by atoms with Gasteiger partial charge in [-0.2, -0.15) is 0 Å². The molecule has 1 aliphatic rings. The van der Waals surface area contributed by atoms with E-state index in [0.29, 0.717) is 0 Å². The van der Waals surface area contributed by atoms with Crippen molar-refractivity contribution in [3.63, 3.8) is 0 Å². The molecule has 0 atom stereocenters. The summed E-state index contributed by atoms with van der Waals surface area (Å²) < 4.78 is 2.63. The molecule has 1 nitrogen and oxygen atoms in total. The van der Waals surface area contributed by atoms with Crippen molar-refractivity contribution in [3.05, 3.63) is 187 Å². The number of nitrogens with zero attached hydrogens (tertiary/aromatic N) is 1. The molecule has 0 bridgehead atoms. The number of fused-ring (bicyclic) bond motifs is 7. The quantitative estimate of drug-likeness (QED) is 0.176. The standard InChI is InChI=1S/C49H35NS/c1-49(2)43-21-8-5-16-38(43)39-30-29-35(31-44(39)49)50(34-27-25-33(26-28-34)37-19-11-14-32-13-3-4-15-36(32)37)45-22-9-6-17-40(45)41-20-12-24-47-48(41)42-18-7-10-23-46(42)51-47/h3-31H,1-2H3. The molecular formula is C49H35NS. The molecule has 1 heterocycles. The second kappa shape index (κ2) is 11.6. The lowest BCUT2D eigenvalue weighted by atomic mass is 9.82. The van der Waals surface area contributed by atoms with Gasteiger partial charge in [0.25, 0.3) is 0 Å². The Hall–Kier alpha value is -5.96. The molecule has 0 unspecified atom stereocenters. The lowest BCUT2D eigenvalue weighted by molar-refractivity contribution is 0.660. The smallest absolute Gasteiger partial charge is 0.0540 e. The SMILES string of the molecule is CC1(C)c2ccccc2-c2ccc(N(c3ccc(-c4cccc5ccccc45)cc3)c3ccccc3-c3cccc4sc5ccccc5c34)cc21. The van der Waals surface area contributed by atoms with Crippen molar-refractivity contribution in [1.82, 2.24) is 0 Å². The van der Waals surface area contributed by atoms with Gasteiger partial charge < -0.3 is 4.90 Å². The van der Waals surface area contributed by atoms with Gasteiger partial charge in [-0.25, -0.2) is 0 Å². The lowest BCUT2D eigenvalue weighted by Crippen LogP contribution is -2.16. The highest BCUT2D eigenvalue weighted by molar-refractivity contribution is 7.25. The zero-order valence-corrected chi connectivity index (χ0v) is 29.4. The molecule has 51 heavy (non-hydrogen) atoms. The summed E-state index contributed by atoms with van der Waals surface area (Å²) in [6, 6.07) is 64.9. The first-order chi connectivity index (χ1) is 25.1. The molecule has 8 aromatic carbocycles. The van der Waals surface area contributed by atoms with Gasteiger partial charge in [0.2, 0.25) is 0 Å². The Morgan fingerprint density at radius 1 is 0.431 bits per heavy atom. The molecule has 0 aliphatic heterocycles. The molecule has 2 heteroatoms. The predicted octanol–water partition coefficient (Wildman–Crippen LogP) is 14.3. The summed E-state index contributed by atoms with van der Waals surface area (Å²) in [5, 5.41) is 5.16. The van der Waals surface area contributed by atoms with Gasteiger partial charge >= 0.3 is 0 Å². The highest BCUT2D eigenvalue weighted by atomic mass is 32.1.